The number of halogens is 1. The van der Waals surface area contributed by atoms with Crippen LogP contribution in [0.1, 0.15) is 31.7 Å². The number of rotatable bonds is 7. The number of nitrogens with zero attached hydrogens (tertiary/aromatic N) is 3. The van der Waals surface area contributed by atoms with Crippen LogP contribution in [0.15, 0.2) is 59.8 Å². The second kappa shape index (κ2) is 11.7. The number of allylic oxidation sites excluding steroid dienone is 1. The van der Waals surface area contributed by atoms with Gasteiger partial charge in [-0.3, -0.25) is 9.59 Å². The minimum absolute atomic E-state index is 0.0714. The number of benzene rings is 2. The molecule has 4 rings (SSSR count). The summed E-state index contributed by atoms with van der Waals surface area (Å²) < 4.78 is 10.8. The molecule has 2 aliphatic rings. The zero-order valence-electron chi connectivity index (χ0n) is 21.4. The molecule has 2 heterocycles. The van der Waals surface area contributed by atoms with Crippen LogP contribution in [0.4, 0.5) is 5.69 Å². The summed E-state index contributed by atoms with van der Waals surface area (Å²) in [6.07, 6.45) is 0.0714. The lowest BCUT2D eigenvalue weighted by Crippen LogP contribution is -2.52. The Labute approximate surface area is 222 Å². The molecule has 1 atom stereocenters. The standard InChI is InChI=1S/C28H32ClN3O5/c1-4-37-28(35)27-19(2)32(25(33)17-22(27)20-9-11-21(29)12-10-20)18-26(34)31-15-13-30(14-16-31)23-7-5-6-8-24(23)36-3/h5-12,22H,4,13-18H2,1-3H3. The average molecular weight is 526 g/mol. The van der Waals surface area contributed by atoms with E-state index in [-0.39, 0.29) is 31.4 Å². The maximum absolute atomic E-state index is 13.3. The topological polar surface area (TPSA) is 79.4 Å². The Kier molecular flexibility index (Phi) is 8.38. The van der Waals surface area contributed by atoms with Crippen molar-refractivity contribution in [3.63, 3.8) is 0 Å². The highest BCUT2D eigenvalue weighted by molar-refractivity contribution is 6.30. The van der Waals surface area contributed by atoms with E-state index in [0.29, 0.717) is 42.5 Å². The fraction of sp³-hybridized carbons (Fsp3) is 0.393. The smallest absolute Gasteiger partial charge is 0.336 e. The molecule has 37 heavy (non-hydrogen) atoms. The Bertz CT molecular complexity index is 1190. The normalized spacial score (nSPS) is 18.2. The third-order valence-corrected chi connectivity index (χ3v) is 7.19. The molecule has 2 aliphatic heterocycles. The Morgan fingerprint density at radius 2 is 1.70 bits per heavy atom. The molecule has 0 saturated carbocycles. The molecule has 2 amide bonds. The number of carbonyl (C=O) groups excluding carboxylic acids is 3. The Hall–Kier alpha value is -3.52. The SMILES string of the molecule is CCOC(=O)C1=C(C)N(CC(=O)N2CCN(c3ccccc3OC)CC2)C(=O)CC1c1ccc(Cl)cc1. The van der Waals surface area contributed by atoms with Crippen LogP contribution in [0.3, 0.4) is 0 Å². The quantitative estimate of drug-likeness (QED) is 0.511. The van der Waals surface area contributed by atoms with Crippen LogP contribution < -0.4 is 9.64 Å². The fourth-order valence-corrected chi connectivity index (χ4v) is 5.11. The van der Waals surface area contributed by atoms with Gasteiger partial charge in [0.15, 0.2) is 0 Å². The fourth-order valence-electron chi connectivity index (χ4n) is 4.98. The lowest BCUT2D eigenvalue weighted by Gasteiger charge is -2.39. The second-order valence-electron chi connectivity index (χ2n) is 9.05. The van der Waals surface area contributed by atoms with E-state index in [0.717, 1.165) is 17.0 Å². The molecule has 9 heteroatoms. The van der Waals surface area contributed by atoms with Crippen molar-refractivity contribution in [1.82, 2.24) is 9.80 Å². The Balaban J connectivity index is 1.50. The van der Waals surface area contributed by atoms with Crippen LogP contribution in [-0.4, -0.2) is 74.0 Å². The number of carbonyl (C=O) groups is 3. The van der Waals surface area contributed by atoms with Crippen LogP contribution in [0, 0.1) is 0 Å². The number of hydrogen-bond donors (Lipinski definition) is 0. The predicted octanol–water partition coefficient (Wildman–Crippen LogP) is 3.85. The summed E-state index contributed by atoms with van der Waals surface area (Å²) in [6, 6.07) is 14.9. The number of hydrogen-bond acceptors (Lipinski definition) is 6. The summed E-state index contributed by atoms with van der Waals surface area (Å²) in [5.41, 5.74) is 2.65. The average Bonchev–Trinajstić information content (AvgIpc) is 2.91. The van der Waals surface area contributed by atoms with Crippen molar-refractivity contribution in [2.75, 3.05) is 51.3 Å². The Morgan fingerprint density at radius 3 is 2.35 bits per heavy atom. The molecule has 0 radical (unpaired) electrons. The number of amides is 2. The highest BCUT2D eigenvalue weighted by Gasteiger charge is 2.38. The third-order valence-electron chi connectivity index (χ3n) is 6.94. The number of ether oxygens (including phenoxy) is 2. The molecule has 1 saturated heterocycles. The molecule has 0 bridgehead atoms. The molecular weight excluding hydrogens is 494 g/mol. The van der Waals surface area contributed by atoms with Gasteiger partial charge >= 0.3 is 5.97 Å². The monoisotopic (exact) mass is 525 g/mol. The minimum Gasteiger partial charge on any atom is -0.495 e. The van der Waals surface area contributed by atoms with Crippen molar-refractivity contribution in [3.05, 3.63) is 70.4 Å². The molecule has 0 aliphatic carbocycles. The van der Waals surface area contributed by atoms with Gasteiger partial charge in [0, 0.05) is 49.2 Å². The highest BCUT2D eigenvalue weighted by Crippen LogP contribution is 2.37. The van der Waals surface area contributed by atoms with E-state index in [9.17, 15) is 14.4 Å². The van der Waals surface area contributed by atoms with Gasteiger partial charge in [0.1, 0.15) is 12.3 Å². The van der Waals surface area contributed by atoms with Crippen molar-refractivity contribution >= 4 is 35.1 Å². The zero-order chi connectivity index (χ0) is 26.5. The summed E-state index contributed by atoms with van der Waals surface area (Å²) in [4.78, 5) is 44.8. The van der Waals surface area contributed by atoms with E-state index in [1.54, 1.807) is 38.0 Å². The summed E-state index contributed by atoms with van der Waals surface area (Å²) in [5, 5.41) is 0.572. The number of piperazine rings is 1. The molecule has 1 unspecified atom stereocenters. The first-order valence-electron chi connectivity index (χ1n) is 12.4. The predicted molar refractivity (Wildman–Crippen MR) is 142 cm³/mol. The summed E-state index contributed by atoms with van der Waals surface area (Å²) in [7, 11) is 1.64. The maximum atomic E-state index is 13.3. The van der Waals surface area contributed by atoms with Crippen molar-refractivity contribution in [3.8, 4) is 5.75 Å². The van der Waals surface area contributed by atoms with Gasteiger partial charge in [-0.2, -0.15) is 0 Å². The molecule has 0 spiro atoms. The number of methoxy groups -OCH3 is 1. The van der Waals surface area contributed by atoms with Crippen LogP contribution in [0.2, 0.25) is 5.02 Å². The molecule has 196 valence electrons. The van der Waals surface area contributed by atoms with Gasteiger partial charge in [0.2, 0.25) is 11.8 Å². The molecule has 0 N–H and O–H groups in total. The lowest BCUT2D eigenvalue weighted by atomic mass is 9.83. The van der Waals surface area contributed by atoms with Gasteiger partial charge in [-0.25, -0.2) is 4.79 Å². The van der Waals surface area contributed by atoms with E-state index in [2.05, 4.69) is 4.90 Å². The van der Waals surface area contributed by atoms with Crippen LogP contribution in [0.25, 0.3) is 0 Å². The van der Waals surface area contributed by atoms with Gasteiger partial charge in [-0.15, -0.1) is 0 Å². The highest BCUT2D eigenvalue weighted by atomic mass is 35.5. The van der Waals surface area contributed by atoms with Crippen molar-refractivity contribution in [1.29, 1.82) is 0 Å². The molecule has 8 nitrogen and oxygen atoms in total. The zero-order valence-corrected chi connectivity index (χ0v) is 22.2. The summed E-state index contributed by atoms with van der Waals surface area (Å²) in [5.74, 6) is -0.495. The second-order valence-corrected chi connectivity index (χ2v) is 9.48. The Morgan fingerprint density at radius 1 is 1.03 bits per heavy atom. The van der Waals surface area contributed by atoms with Crippen molar-refractivity contribution < 1.29 is 23.9 Å². The van der Waals surface area contributed by atoms with Crippen molar-refractivity contribution in [2.45, 2.75) is 26.2 Å². The van der Waals surface area contributed by atoms with E-state index in [1.165, 1.54) is 4.90 Å². The van der Waals surface area contributed by atoms with E-state index in [4.69, 9.17) is 21.1 Å². The van der Waals surface area contributed by atoms with Gasteiger partial charge < -0.3 is 24.2 Å². The van der Waals surface area contributed by atoms with Crippen molar-refractivity contribution in [2.24, 2.45) is 0 Å². The lowest BCUT2D eigenvalue weighted by molar-refractivity contribution is -0.142. The van der Waals surface area contributed by atoms with Crippen LogP contribution >= 0.6 is 11.6 Å². The first-order valence-corrected chi connectivity index (χ1v) is 12.8. The van der Waals surface area contributed by atoms with Gasteiger partial charge in [-0.1, -0.05) is 35.9 Å². The molecule has 1 fully saturated rings. The minimum atomic E-state index is -0.477. The van der Waals surface area contributed by atoms with E-state index >= 15 is 0 Å². The molecule has 0 aromatic heterocycles. The summed E-state index contributed by atoms with van der Waals surface area (Å²) in [6.45, 7) is 5.91. The van der Waals surface area contributed by atoms with Gasteiger partial charge in [0.25, 0.3) is 0 Å². The van der Waals surface area contributed by atoms with E-state index in [1.807, 2.05) is 36.4 Å². The maximum Gasteiger partial charge on any atom is 0.336 e. The van der Waals surface area contributed by atoms with Gasteiger partial charge in [0.05, 0.1) is 25.0 Å². The van der Waals surface area contributed by atoms with Gasteiger partial charge in [-0.05, 0) is 43.7 Å². The van der Waals surface area contributed by atoms with Crippen LogP contribution in [0.5, 0.6) is 5.75 Å². The number of para-hydroxylation sites is 2. The largest absolute Gasteiger partial charge is 0.495 e. The summed E-state index contributed by atoms with van der Waals surface area (Å²) >= 11 is 6.04. The molecule has 2 aromatic rings. The molecule has 2 aromatic carbocycles. The first-order chi connectivity index (χ1) is 17.8. The molecular formula is C28H32ClN3O5. The number of esters is 1. The third kappa shape index (κ3) is 5.74. The first kappa shape index (κ1) is 26.5. The van der Waals surface area contributed by atoms with Crippen LogP contribution in [-0.2, 0) is 19.1 Å². The van der Waals surface area contributed by atoms with E-state index < -0.39 is 11.9 Å². The number of anilines is 1.